The number of hydrogen-bond donors (Lipinski definition) is 2. The average molecular weight is 163 g/mol. The molecule has 6 heteroatoms. The molecule has 0 atom stereocenters. The van der Waals surface area contributed by atoms with E-state index in [9.17, 15) is 0 Å². The molecule has 0 radical (unpaired) electrons. The van der Waals surface area contributed by atoms with Crippen molar-refractivity contribution in [2.45, 2.75) is 0 Å². The fourth-order valence-corrected chi connectivity index (χ4v) is 0. The minimum atomic E-state index is -3.13. The molecule has 0 bridgehead atoms. The second-order valence-corrected chi connectivity index (χ2v) is 0.848. The van der Waals surface area contributed by atoms with E-state index in [0.717, 1.165) is 0 Å². The van der Waals surface area contributed by atoms with Gasteiger partial charge in [-0.25, -0.2) is 0 Å². The van der Waals surface area contributed by atoms with E-state index in [0.29, 0.717) is 0 Å². The van der Waals surface area contributed by atoms with Gasteiger partial charge in [0.25, 0.3) is 0 Å². The minimum Gasteiger partial charge on any atom is -1.00 e. The summed E-state index contributed by atoms with van der Waals surface area (Å²) in [5, 5.41) is 0. The Morgan fingerprint density at radius 3 is 1.50 bits per heavy atom. The Bertz CT molecular complexity index is 40.3. The van der Waals surface area contributed by atoms with Crippen molar-refractivity contribution >= 4 is 32.2 Å². The van der Waals surface area contributed by atoms with Gasteiger partial charge >= 0.3 is 32.2 Å². The van der Waals surface area contributed by atoms with Gasteiger partial charge in [-0.3, -0.25) is 4.46 Å². The Morgan fingerprint density at radius 1 is 1.50 bits per heavy atom. The smallest absolute Gasteiger partial charge is 1.00 e. The van der Waals surface area contributed by atoms with E-state index < -0.39 is 9.17 Å². The molecule has 38 valence electrons. The molecule has 0 amide bonds. The Labute approximate surface area is 65.7 Å². The molecular formula is H4MgNiO3Si. The molecule has 0 fully saturated rings. The van der Waals surface area contributed by atoms with Crippen LogP contribution in [0.3, 0.4) is 0 Å². The molecule has 3 nitrogen and oxygen atoms in total. The average Bonchev–Trinajstić information content (AvgIpc) is 0.811. The van der Waals surface area contributed by atoms with Crippen molar-refractivity contribution in [2.75, 3.05) is 0 Å². The van der Waals surface area contributed by atoms with Gasteiger partial charge in [-0.05, 0) is 0 Å². The van der Waals surface area contributed by atoms with Gasteiger partial charge in [0.15, 0.2) is 0 Å². The first kappa shape index (κ1) is 15.8. The molecule has 0 unspecified atom stereocenters. The van der Waals surface area contributed by atoms with E-state index in [4.69, 9.17) is 14.1 Å². The van der Waals surface area contributed by atoms with Crippen molar-refractivity contribution in [1.82, 2.24) is 0 Å². The molecule has 0 saturated heterocycles. The molecular weight excluding hydrogens is 159 g/mol. The van der Waals surface area contributed by atoms with E-state index in [-0.39, 0.29) is 42.4 Å². The first-order chi connectivity index (χ1) is 1.73. The van der Waals surface area contributed by atoms with Crippen LogP contribution in [0.15, 0.2) is 0 Å². The summed E-state index contributed by atoms with van der Waals surface area (Å²) in [6.07, 6.45) is 0. The second-order valence-electron chi connectivity index (χ2n) is 0.283. The molecule has 2 N–H and O–H groups in total. The van der Waals surface area contributed by atoms with Crippen LogP contribution in [0.25, 0.3) is 0 Å². The van der Waals surface area contributed by atoms with Crippen LogP contribution in [-0.2, 0) is 21.0 Å². The maximum absolute atomic E-state index is 8.74. The van der Waals surface area contributed by atoms with Gasteiger partial charge in [-0.2, -0.15) is 0 Å². The largest absolute Gasteiger partial charge is 2.00 e. The van der Waals surface area contributed by atoms with E-state index in [1.807, 2.05) is 0 Å². The first-order valence-electron chi connectivity index (χ1n) is 0.651. The standard InChI is InChI=1S/Mg.Ni.H2O3Si.2H/c;;1-4(2)3;;/h;;1-2H;;/q+2;;;2*-1. The zero-order valence-corrected chi connectivity index (χ0v) is 6.23. The fourth-order valence-electron chi connectivity index (χ4n) is 0. The van der Waals surface area contributed by atoms with Crippen LogP contribution in [-0.4, -0.2) is 41.8 Å². The van der Waals surface area contributed by atoms with Crippen molar-refractivity contribution in [3.05, 3.63) is 0 Å². The summed E-state index contributed by atoms with van der Waals surface area (Å²) in [6, 6.07) is 0. The third-order valence-corrected chi connectivity index (χ3v) is 0. The third kappa shape index (κ3) is 95.4. The van der Waals surface area contributed by atoms with E-state index in [2.05, 4.69) is 0 Å². The van der Waals surface area contributed by atoms with Crippen LogP contribution in [0.5, 0.6) is 0 Å². The maximum Gasteiger partial charge on any atom is 2.00 e. The van der Waals surface area contributed by atoms with Crippen LogP contribution >= 0.6 is 0 Å². The van der Waals surface area contributed by atoms with Gasteiger partial charge in [0.1, 0.15) is 0 Å². The normalized spacial score (nSPS) is 4.00. The summed E-state index contributed by atoms with van der Waals surface area (Å²) in [5.41, 5.74) is 0. The predicted molar refractivity (Wildman–Crippen MR) is 18.9 cm³/mol. The molecule has 0 aliphatic rings. The summed E-state index contributed by atoms with van der Waals surface area (Å²) in [4.78, 5) is 14.3. The Balaban J connectivity index is -0.00000000750. The number of rotatable bonds is 0. The van der Waals surface area contributed by atoms with Crippen LogP contribution < -0.4 is 0 Å². The quantitative estimate of drug-likeness (QED) is 0.415. The van der Waals surface area contributed by atoms with Crippen molar-refractivity contribution in [3.63, 3.8) is 0 Å². The van der Waals surface area contributed by atoms with Crippen molar-refractivity contribution in [2.24, 2.45) is 0 Å². The SMILES string of the molecule is O=[Si](O)O.[H-].[H-].[Mg+2].[Ni]. The molecule has 0 aromatic heterocycles. The third-order valence-electron chi connectivity index (χ3n) is 0. The molecule has 0 aliphatic carbocycles. The summed E-state index contributed by atoms with van der Waals surface area (Å²) < 4.78 is 8.74. The van der Waals surface area contributed by atoms with E-state index >= 15 is 0 Å². The first-order valence-corrected chi connectivity index (χ1v) is 1.95. The summed E-state index contributed by atoms with van der Waals surface area (Å²) in [7, 11) is -3.13. The molecule has 6 heavy (non-hydrogen) atoms. The molecule has 0 spiro atoms. The molecule has 0 rings (SSSR count). The van der Waals surface area contributed by atoms with Gasteiger partial charge in [-0.1, -0.05) is 0 Å². The van der Waals surface area contributed by atoms with E-state index in [1.165, 1.54) is 0 Å². The Kier molecular flexibility index (Phi) is 24.5. The topological polar surface area (TPSA) is 57.5 Å². The van der Waals surface area contributed by atoms with Gasteiger partial charge in [-0.15, -0.1) is 0 Å². The molecule has 0 heterocycles. The minimum absolute atomic E-state index is 0. The van der Waals surface area contributed by atoms with Gasteiger partial charge in [0, 0.05) is 16.5 Å². The van der Waals surface area contributed by atoms with Crippen LogP contribution in [0.4, 0.5) is 0 Å². The van der Waals surface area contributed by atoms with Crippen molar-refractivity contribution in [3.8, 4) is 0 Å². The van der Waals surface area contributed by atoms with Gasteiger partial charge < -0.3 is 12.4 Å². The Morgan fingerprint density at radius 2 is 1.50 bits per heavy atom. The van der Waals surface area contributed by atoms with Crippen LogP contribution in [0.1, 0.15) is 2.85 Å². The molecule has 0 saturated carbocycles. The van der Waals surface area contributed by atoms with Gasteiger partial charge in [0.05, 0.1) is 0 Å². The zero-order valence-electron chi connectivity index (χ0n) is 4.83. The van der Waals surface area contributed by atoms with Crippen molar-refractivity contribution in [1.29, 1.82) is 0 Å². The molecule has 0 aromatic rings. The predicted octanol–water partition coefficient (Wildman–Crippen LogP) is -1.77. The summed E-state index contributed by atoms with van der Waals surface area (Å²) >= 11 is 0. The Hall–Kier alpha value is 0.877. The summed E-state index contributed by atoms with van der Waals surface area (Å²) in [6.45, 7) is 0. The molecule has 0 aliphatic heterocycles. The van der Waals surface area contributed by atoms with Gasteiger partial charge in [0.2, 0.25) is 0 Å². The van der Waals surface area contributed by atoms with Crippen molar-refractivity contribution < 1.29 is 33.4 Å². The monoisotopic (exact) mass is 162 g/mol. The van der Waals surface area contributed by atoms with Crippen LogP contribution in [0, 0.1) is 0 Å². The van der Waals surface area contributed by atoms with Crippen LogP contribution in [0.2, 0.25) is 0 Å². The fraction of sp³-hybridized carbons (Fsp3) is 0. The second kappa shape index (κ2) is 9.30. The zero-order chi connectivity index (χ0) is 3.58. The summed E-state index contributed by atoms with van der Waals surface area (Å²) in [5.74, 6) is 0. The maximum atomic E-state index is 8.74. The molecule has 0 aromatic carbocycles. The number of hydrogen-bond acceptors (Lipinski definition) is 1. The van der Waals surface area contributed by atoms with E-state index in [1.54, 1.807) is 0 Å².